The van der Waals surface area contributed by atoms with Gasteiger partial charge >= 0.3 is 11.8 Å². The highest BCUT2D eigenvalue weighted by molar-refractivity contribution is 6.39. The number of hydrogen-bond acceptors (Lipinski definition) is 6. The Morgan fingerprint density at radius 1 is 0.971 bits per heavy atom. The standard InChI is InChI=1S/C25H24ClN3O5/c1-3-33-23-14-17(8-13-22(23)34-16-18-6-4-5-7-21(18)26)15-27-29-25(31)24(30)28-19-9-11-20(32-2)12-10-19/h4-15H,3,16H2,1-2H3,(H,28,30)(H,29,31)/b27-15+. The van der Waals surface area contributed by atoms with Gasteiger partial charge in [-0.1, -0.05) is 29.8 Å². The molecule has 0 aliphatic heterocycles. The number of nitrogens with one attached hydrogen (secondary N) is 2. The van der Waals surface area contributed by atoms with Gasteiger partial charge in [0.1, 0.15) is 12.4 Å². The summed E-state index contributed by atoms with van der Waals surface area (Å²) < 4.78 is 16.6. The lowest BCUT2D eigenvalue weighted by Crippen LogP contribution is -2.32. The molecule has 34 heavy (non-hydrogen) atoms. The van der Waals surface area contributed by atoms with Gasteiger partial charge < -0.3 is 19.5 Å². The molecule has 176 valence electrons. The Labute approximate surface area is 202 Å². The summed E-state index contributed by atoms with van der Waals surface area (Å²) in [6.07, 6.45) is 1.40. The number of anilines is 1. The van der Waals surface area contributed by atoms with Crippen molar-refractivity contribution in [3.05, 3.63) is 82.9 Å². The topological polar surface area (TPSA) is 98.2 Å². The van der Waals surface area contributed by atoms with Gasteiger partial charge in [0, 0.05) is 16.3 Å². The molecule has 0 aromatic heterocycles. The predicted molar refractivity (Wildman–Crippen MR) is 131 cm³/mol. The number of carbonyl (C=O) groups is 2. The fourth-order valence-electron chi connectivity index (χ4n) is 2.84. The maximum Gasteiger partial charge on any atom is 0.329 e. The molecule has 2 N–H and O–H groups in total. The van der Waals surface area contributed by atoms with Crippen molar-refractivity contribution in [2.24, 2.45) is 5.10 Å². The number of rotatable bonds is 9. The van der Waals surface area contributed by atoms with E-state index in [0.717, 1.165) is 5.56 Å². The van der Waals surface area contributed by atoms with Gasteiger partial charge in [-0.15, -0.1) is 0 Å². The molecule has 8 nitrogen and oxygen atoms in total. The zero-order valence-corrected chi connectivity index (χ0v) is 19.5. The van der Waals surface area contributed by atoms with Gasteiger partial charge in [0.05, 0.1) is 19.9 Å². The molecule has 0 spiro atoms. The van der Waals surface area contributed by atoms with Gasteiger partial charge in [0.25, 0.3) is 0 Å². The largest absolute Gasteiger partial charge is 0.497 e. The van der Waals surface area contributed by atoms with Crippen LogP contribution >= 0.6 is 11.6 Å². The summed E-state index contributed by atoms with van der Waals surface area (Å²) in [4.78, 5) is 24.0. The maximum absolute atomic E-state index is 12.0. The molecule has 3 aromatic rings. The normalized spacial score (nSPS) is 10.6. The Balaban J connectivity index is 1.58. The lowest BCUT2D eigenvalue weighted by molar-refractivity contribution is -0.136. The number of amides is 2. The van der Waals surface area contributed by atoms with E-state index in [2.05, 4.69) is 15.8 Å². The summed E-state index contributed by atoms with van der Waals surface area (Å²) in [5.41, 5.74) is 4.15. The Morgan fingerprint density at radius 2 is 1.74 bits per heavy atom. The van der Waals surface area contributed by atoms with E-state index in [-0.39, 0.29) is 6.61 Å². The number of benzene rings is 3. The van der Waals surface area contributed by atoms with Crippen LogP contribution in [0.25, 0.3) is 0 Å². The molecule has 2 amide bonds. The fourth-order valence-corrected chi connectivity index (χ4v) is 3.03. The zero-order valence-electron chi connectivity index (χ0n) is 18.7. The molecule has 0 radical (unpaired) electrons. The third-order valence-corrected chi connectivity index (χ3v) is 4.91. The van der Waals surface area contributed by atoms with Crippen LogP contribution in [0.2, 0.25) is 5.02 Å². The smallest absolute Gasteiger partial charge is 0.329 e. The number of ether oxygens (including phenoxy) is 3. The van der Waals surface area contributed by atoms with Crippen molar-refractivity contribution in [3.8, 4) is 17.2 Å². The van der Waals surface area contributed by atoms with Gasteiger partial charge in [-0.3, -0.25) is 9.59 Å². The van der Waals surface area contributed by atoms with Crippen molar-refractivity contribution in [2.75, 3.05) is 19.0 Å². The first-order valence-electron chi connectivity index (χ1n) is 10.4. The van der Waals surface area contributed by atoms with Gasteiger partial charge in [0.2, 0.25) is 0 Å². The van der Waals surface area contributed by atoms with E-state index >= 15 is 0 Å². The van der Waals surface area contributed by atoms with E-state index in [1.807, 2.05) is 25.1 Å². The van der Waals surface area contributed by atoms with Gasteiger partial charge in [-0.2, -0.15) is 5.10 Å². The Kier molecular flexibility index (Phi) is 8.88. The number of hydrazone groups is 1. The fraction of sp³-hybridized carbons (Fsp3) is 0.160. The summed E-state index contributed by atoms with van der Waals surface area (Å²) in [5, 5.41) is 6.95. The van der Waals surface area contributed by atoms with Crippen molar-refractivity contribution < 1.29 is 23.8 Å². The third kappa shape index (κ3) is 6.98. The van der Waals surface area contributed by atoms with Crippen LogP contribution in [0.5, 0.6) is 17.2 Å². The lowest BCUT2D eigenvalue weighted by atomic mass is 10.2. The summed E-state index contributed by atoms with van der Waals surface area (Å²) in [5.74, 6) is -0.0555. The van der Waals surface area contributed by atoms with Crippen molar-refractivity contribution in [1.82, 2.24) is 5.43 Å². The Morgan fingerprint density at radius 3 is 2.44 bits per heavy atom. The molecule has 0 unspecified atom stereocenters. The van der Waals surface area contributed by atoms with Crippen LogP contribution in [0.1, 0.15) is 18.1 Å². The number of methoxy groups -OCH3 is 1. The molecule has 0 bridgehead atoms. The monoisotopic (exact) mass is 481 g/mol. The van der Waals surface area contributed by atoms with E-state index in [0.29, 0.717) is 40.1 Å². The minimum Gasteiger partial charge on any atom is -0.497 e. The molecule has 0 saturated carbocycles. The minimum atomic E-state index is -0.906. The second-order valence-corrected chi connectivity index (χ2v) is 7.31. The molecule has 0 saturated heterocycles. The van der Waals surface area contributed by atoms with E-state index in [4.69, 9.17) is 25.8 Å². The van der Waals surface area contributed by atoms with Gasteiger partial charge in [-0.25, -0.2) is 5.43 Å². The van der Waals surface area contributed by atoms with Crippen LogP contribution in [0.4, 0.5) is 5.69 Å². The van der Waals surface area contributed by atoms with Crippen molar-refractivity contribution in [2.45, 2.75) is 13.5 Å². The van der Waals surface area contributed by atoms with E-state index < -0.39 is 11.8 Å². The molecule has 0 aliphatic rings. The number of nitrogens with zero attached hydrogens (tertiary/aromatic N) is 1. The highest BCUT2D eigenvalue weighted by Gasteiger charge is 2.13. The first-order valence-corrected chi connectivity index (χ1v) is 10.8. The van der Waals surface area contributed by atoms with Crippen LogP contribution in [0.3, 0.4) is 0 Å². The van der Waals surface area contributed by atoms with E-state index in [1.165, 1.54) is 13.3 Å². The van der Waals surface area contributed by atoms with Gasteiger partial charge in [0.15, 0.2) is 11.5 Å². The molecule has 9 heteroatoms. The number of halogens is 1. The van der Waals surface area contributed by atoms with Crippen molar-refractivity contribution in [1.29, 1.82) is 0 Å². The van der Waals surface area contributed by atoms with Crippen LogP contribution in [0, 0.1) is 0 Å². The van der Waals surface area contributed by atoms with Gasteiger partial charge in [-0.05, 0) is 61.0 Å². The molecule has 0 fully saturated rings. The second kappa shape index (κ2) is 12.3. The number of hydrogen-bond donors (Lipinski definition) is 2. The van der Waals surface area contributed by atoms with Crippen LogP contribution < -0.4 is 25.0 Å². The third-order valence-electron chi connectivity index (χ3n) is 4.54. The SMILES string of the molecule is CCOc1cc(/C=N/NC(=O)C(=O)Nc2ccc(OC)cc2)ccc1OCc1ccccc1Cl. The Bertz CT molecular complexity index is 1170. The molecule has 0 heterocycles. The number of carbonyl (C=O) groups excluding carboxylic acids is 2. The average Bonchev–Trinajstić information content (AvgIpc) is 2.85. The summed E-state index contributed by atoms with van der Waals surface area (Å²) >= 11 is 6.18. The van der Waals surface area contributed by atoms with E-state index in [9.17, 15) is 9.59 Å². The molecule has 0 aliphatic carbocycles. The lowest BCUT2D eigenvalue weighted by Gasteiger charge is -2.13. The van der Waals surface area contributed by atoms with Crippen molar-refractivity contribution in [3.63, 3.8) is 0 Å². The summed E-state index contributed by atoms with van der Waals surface area (Å²) in [7, 11) is 1.54. The molecular weight excluding hydrogens is 458 g/mol. The highest BCUT2D eigenvalue weighted by atomic mass is 35.5. The van der Waals surface area contributed by atoms with Crippen LogP contribution in [-0.2, 0) is 16.2 Å². The molecular formula is C25H24ClN3O5. The first kappa shape index (κ1) is 24.6. The van der Waals surface area contributed by atoms with Crippen LogP contribution in [-0.4, -0.2) is 31.7 Å². The van der Waals surface area contributed by atoms with E-state index in [1.54, 1.807) is 48.5 Å². The molecule has 3 rings (SSSR count). The zero-order chi connectivity index (χ0) is 24.3. The average molecular weight is 482 g/mol. The summed E-state index contributed by atoms with van der Waals surface area (Å²) in [6.45, 7) is 2.58. The summed E-state index contributed by atoms with van der Waals surface area (Å²) in [6, 6.07) is 19.2. The molecule has 0 atom stereocenters. The first-order chi connectivity index (χ1) is 16.5. The molecule has 3 aromatic carbocycles. The van der Waals surface area contributed by atoms with Crippen molar-refractivity contribution >= 4 is 35.3 Å². The minimum absolute atomic E-state index is 0.284. The second-order valence-electron chi connectivity index (χ2n) is 6.90. The maximum atomic E-state index is 12.0. The highest BCUT2D eigenvalue weighted by Crippen LogP contribution is 2.29. The predicted octanol–water partition coefficient (Wildman–Crippen LogP) is 4.42. The van der Waals surface area contributed by atoms with Crippen LogP contribution in [0.15, 0.2) is 71.8 Å². The Hall–Kier alpha value is -4.04. The quantitative estimate of drug-likeness (QED) is 0.268.